The lowest BCUT2D eigenvalue weighted by Gasteiger charge is -2.09. The van der Waals surface area contributed by atoms with Crippen LogP contribution >= 0.6 is 11.8 Å². The fraction of sp³-hybridized carbons (Fsp3) is 0.0800. The number of nitrogens with zero attached hydrogens (tertiary/aromatic N) is 2. The number of aromatic carboxylic acids is 1. The first-order valence-electron chi connectivity index (χ1n) is 9.86. The highest BCUT2D eigenvalue weighted by atomic mass is 32.2. The molecule has 0 aliphatic carbocycles. The van der Waals surface area contributed by atoms with Gasteiger partial charge in [0.25, 0.3) is 5.91 Å². The number of hydrogen-bond donors (Lipinski definition) is 1. The molecule has 0 spiro atoms. The monoisotopic (exact) mass is 444 g/mol. The van der Waals surface area contributed by atoms with Crippen LogP contribution in [0.25, 0.3) is 6.08 Å². The van der Waals surface area contributed by atoms with E-state index < -0.39 is 5.97 Å². The van der Waals surface area contributed by atoms with Gasteiger partial charge in [0.05, 0.1) is 16.2 Å². The van der Waals surface area contributed by atoms with Gasteiger partial charge in [-0.15, -0.1) is 0 Å². The lowest BCUT2D eigenvalue weighted by Crippen LogP contribution is -2.23. The van der Waals surface area contributed by atoms with E-state index in [-0.39, 0.29) is 11.5 Å². The van der Waals surface area contributed by atoms with Crippen molar-refractivity contribution in [2.24, 2.45) is 4.99 Å². The van der Waals surface area contributed by atoms with Crippen molar-refractivity contribution in [1.29, 1.82) is 0 Å². The predicted molar refractivity (Wildman–Crippen MR) is 126 cm³/mol. The molecule has 0 unspecified atom stereocenters. The molecular weight excluding hydrogens is 424 g/mol. The zero-order valence-electron chi connectivity index (χ0n) is 17.3. The second kappa shape index (κ2) is 9.53. The van der Waals surface area contributed by atoms with Crippen LogP contribution in [0, 0.1) is 0 Å². The molecule has 1 heterocycles. The van der Waals surface area contributed by atoms with Crippen LogP contribution in [0.5, 0.6) is 5.75 Å². The predicted octanol–water partition coefficient (Wildman–Crippen LogP) is 5.20. The minimum Gasteiger partial charge on any atom is -0.488 e. The van der Waals surface area contributed by atoms with Crippen molar-refractivity contribution in [3.63, 3.8) is 0 Å². The van der Waals surface area contributed by atoms with Crippen molar-refractivity contribution in [1.82, 2.24) is 4.90 Å². The number of carboxylic acids is 1. The minimum atomic E-state index is -0.995. The molecule has 1 aliphatic heterocycles. The average Bonchev–Trinajstić information content (AvgIpc) is 3.07. The number of amidine groups is 1. The van der Waals surface area contributed by atoms with E-state index in [2.05, 4.69) is 4.99 Å². The largest absolute Gasteiger partial charge is 0.488 e. The summed E-state index contributed by atoms with van der Waals surface area (Å²) >= 11 is 1.27. The number of carbonyl (C=O) groups excluding carboxylic acids is 1. The SMILES string of the molecule is CN1C(=O)C(=Cc2ccccc2OCc2ccccc2)SC1=Nc1ccc(C(=O)O)cc1. The highest BCUT2D eigenvalue weighted by Crippen LogP contribution is 2.34. The second-order valence-electron chi connectivity index (χ2n) is 7.03. The molecular formula is C25H20N2O4S. The summed E-state index contributed by atoms with van der Waals surface area (Å²) in [5.41, 5.74) is 2.62. The van der Waals surface area contributed by atoms with Crippen molar-refractivity contribution in [2.75, 3.05) is 7.05 Å². The van der Waals surface area contributed by atoms with Crippen LogP contribution in [0.4, 0.5) is 5.69 Å². The van der Waals surface area contributed by atoms with E-state index in [0.29, 0.717) is 28.1 Å². The Morgan fingerprint density at radius 2 is 1.72 bits per heavy atom. The normalized spacial score (nSPS) is 16.0. The van der Waals surface area contributed by atoms with Gasteiger partial charge < -0.3 is 9.84 Å². The molecule has 160 valence electrons. The van der Waals surface area contributed by atoms with Gasteiger partial charge in [-0.05, 0) is 53.7 Å². The number of rotatable bonds is 6. The molecule has 1 amide bonds. The first kappa shape index (κ1) is 21.4. The number of ether oxygens (including phenoxy) is 1. The van der Waals surface area contributed by atoms with E-state index in [4.69, 9.17) is 9.84 Å². The molecule has 1 aliphatic rings. The number of thioether (sulfide) groups is 1. The summed E-state index contributed by atoms with van der Waals surface area (Å²) < 4.78 is 5.99. The maximum Gasteiger partial charge on any atom is 0.335 e. The summed E-state index contributed by atoms with van der Waals surface area (Å²) in [5.74, 6) is -0.464. The van der Waals surface area contributed by atoms with E-state index in [9.17, 15) is 9.59 Å². The summed E-state index contributed by atoms with van der Waals surface area (Å²) in [7, 11) is 1.67. The molecule has 6 nitrogen and oxygen atoms in total. The topological polar surface area (TPSA) is 79.2 Å². The molecule has 32 heavy (non-hydrogen) atoms. The van der Waals surface area contributed by atoms with Crippen molar-refractivity contribution in [3.8, 4) is 5.75 Å². The van der Waals surface area contributed by atoms with Gasteiger partial charge in [0.2, 0.25) is 0 Å². The van der Waals surface area contributed by atoms with Crippen LogP contribution in [0.1, 0.15) is 21.5 Å². The van der Waals surface area contributed by atoms with E-state index in [0.717, 1.165) is 11.1 Å². The van der Waals surface area contributed by atoms with Crippen LogP contribution in [-0.4, -0.2) is 34.1 Å². The third kappa shape index (κ3) is 4.90. The van der Waals surface area contributed by atoms with Crippen LogP contribution in [-0.2, 0) is 11.4 Å². The molecule has 3 aromatic rings. The van der Waals surface area contributed by atoms with Crippen molar-refractivity contribution >= 4 is 40.6 Å². The van der Waals surface area contributed by atoms with Gasteiger partial charge >= 0.3 is 5.97 Å². The Morgan fingerprint density at radius 3 is 2.44 bits per heavy atom. The lowest BCUT2D eigenvalue weighted by molar-refractivity contribution is -0.121. The molecule has 0 saturated carbocycles. The first-order chi connectivity index (χ1) is 15.5. The molecule has 4 rings (SSSR count). The third-order valence-corrected chi connectivity index (χ3v) is 5.85. The Labute approximate surface area is 189 Å². The van der Waals surface area contributed by atoms with Gasteiger partial charge in [0.1, 0.15) is 12.4 Å². The molecule has 1 N–H and O–H groups in total. The summed E-state index contributed by atoms with van der Waals surface area (Å²) in [6.45, 7) is 0.432. The second-order valence-corrected chi connectivity index (χ2v) is 8.04. The number of hydrogen-bond acceptors (Lipinski definition) is 5. The number of benzene rings is 3. The van der Waals surface area contributed by atoms with E-state index >= 15 is 0 Å². The third-order valence-electron chi connectivity index (χ3n) is 4.79. The van der Waals surface area contributed by atoms with E-state index in [1.807, 2.05) is 54.6 Å². The zero-order valence-corrected chi connectivity index (χ0v) is 18.1. The van der Waals surface area contributed by atoms with Crippen LogP contribution in [0.3, 0.4) is 0 Å². The van der Waals surface area contributed by atoms with E-state index in [1.54, 1.807) is 25.3 Å². The summed E-state index contributed by atoms with van der Waals surface area (Å²) in [5, 5.41) is 9.55. The summed E-state index contributed by atoms with van der Waals surface area (Å²) in [6.07, 6.45) is 1.81. The molecule has 0 radical (unpaired) electrons. The minimum absolute atomic E-state index is 0.159. The van der Waals surface area contributed by atoms with Gasteiger partial charge in [-0.1, -0.05) is 48.5 Å². The number of aliphatic imine (C=N–C) groups is 1. The molecule has 0 aromatic heterocycles. The Kier molecular flexibility index (Phi) is 6.37. The van der Waals surface area contributed by atoms with Crippen LogP contribution in [0.2, 0.25) is 0 Å². The smallest absolute Gasteiger partial charge is 0.335 e. The zero-order chi connectivity index (χ0) is 22.5. The number of likely N-dealkylation sites (N-methyl/N-ethyl adjacent to an activating group) is 1. The maximum absolute atomic E-state index is 12.8. The van der Waals surface area contributed by atoms with Gasteiger partial charge in [0, 0.05) is 12.6 Å². The molecule has 7 heteroatoms. The number of carbonyl (C=O) groups is 2. The van der Waals surface area contributed by atoms with Gasteiger partial charge in [0.15, 0.2) is 5.17 Å². The standard InChI is InChI=1S/C25H20N2O4S/c1-27-23(28)22(32-25(27)26-20-13-11-18(12-14-20)24(29)30)15-19-9-5-6-10-21(19)31-16-17-7-3-2-4-8-17/h2-15H,16H2,1H3,(H,29,30). The summed E-state index contributed by atoms with van der Waals surface area (Å²) in [6, 6.07) is 23.7. The van der Waals surface area contributed by atoms with Gasteiger partial charge in [-0.3, -0.25) is 9.69 Å². The van der Waals surface area contributed by atoms with Crippen LogP contribution in [0.15, 0.2) is 88.8 Å². The van der Waals surface area contributed by atoms with Crippen molar-refractivity contribution in [2.45, 2.75) is 6.61 Å². The number of carboxylic acid groups (broad SMARTS) is 1. The number of amides is 1. The molecule has 0 bridgehead atoms. The Bertz CT molecular complexity index is 1200. The quantitative estimate of drug-likeness (QED) is 0.529. The maximum atomic E-state index is 12.8. The highest BCUT2D eigenvalue weighted by molar-refractivity contribution is 8.18. The first-order valence-corrected chi connectivity index (χ1v) is 10.7. The highest BCUT2D eigenvalue weighted by Gasteiger charge is 2.30. The Hall–Kier alpha value is -3.84. The molecule has 3 aromatic carbocycles. The Morgan fingerprint density at radius 1 is 1.03 bits per heavy atom. The Balaban J connectivity index is 1.54. The number of para-hydroxylation sites is 1. The molecule has 0 atom stereocenters. The van der Waals surface area contributed by atoms with E-state index in [1.165, 1.54) is 28.8 Å². The fourth-order valence-electron chi connectivity index (χ4n) is 3.05. The van der Waals surface area contributed by atoms with Crippen LogP contribution < -0.4 is 4.74 Å². The van der Waals surface area contributed by atoms with Crippen molar-refractivity contribution in [3.05, 3.63) is 100 Å². The molecule has 1 fully saturated rings. The fourth-order valence-corrected chi connectivity index (χ4v) is 4.03. The van der Waals surface area contributed by atoms with Gasteiger partial charge in [-0.2, -0.15) is 0 Å². The lowest BCUT2D eigenvalue weighted by atomic mass is 10.2. The average molecular weight is 445 g/mol. The summed E-state index contributed by atoms with van der Waals surface area (Å²) in [4.78, 5) is 30.3. The van der Waals surface area contributed by atoms with Crippen molar-refractivity contribution < 1.29 is 19.4 Å². The molecule has 1 saturated heterocycles. The van der Waals surface area contributed by atoms with Gasteiger partial charge in [-0.25, -0.2) is 9.79 Å².